The normalized spacial score (nSPS) is 12.8. The number of aromatic nitrogens is 1. The van der Waals surface area contributed by atoms with Crippen LogP contribution >= 0.6 is 11.3 Å². The van der Waals surface area contributed by atoms with Crippen LogP contribution in [0.25, 0.3) is 0 Å². The summed E-state index contributed by atoms with van der Waals surface area (Å²) in [4.78, 5) is 44.7. The zero-order chi connectivity index (χ0) is 30.5. The Morgan fingerprint density at radius 1 is 0.952 bits per heavy atom. The molecule has 0 unspecified atom stereocenters. The molecule has 3 rings (SSSR count). The van der Waals surface area contributed by atoms with Crippen molar-refractivity contribution >= 4 is 38.8 Å². The fourth-order valence-corrected chi connectivity index (χ4v) is 6.60. The molecule has 42 heavy (non-hydrogen) atoms. The number of nitrogens with one attached hydrogen (secondary N) is 1. The average Bonchev–Trinajstić information content (AvgIpc) is 3.48. The van der Waals surface area contributed by atoms with Crippen molar-refractivity contribution in [3.8, 4) is 0 Å². The van der Waals surface area contributed by atoms with Crippen LogP contribution in [0.15, 0.2) is 71.1 Å². The second kappa shape index (κ2) is 16.2. The minimum absolute atomic E-state index is 0.0263. The Morgan fingerprint density at radius 3 is 2.21 bits per heavy atom. The van der Waals surface area contributed by atoms with Crippen molar-refractivity contribution < 1.29 is 22.8 Å². The van der Waals surface area contributed by atoms with E-state index in [1.165, 1.54) is 28.4 Å². The predicted molar refractivity (Wildman–Crippen MR) is 162 cm³/mol. The average molecular weight is 615 g/mol. The molecule has 3 aromatic rings. The number of nitrogens with two attached hydrogens (primary N) is 3. The molecule has 0 radical (unpaired) electrons. The molecule has 2 amide bonds. The van der Waals surface area contributed by atoms with Crippen molar-refractivity contribution in [3.63, 3.8) is 0 Å². The molecule has 1 heterocycles. The number of hydrogen-bond donors (Lipinski definition) is 4. The minimum atomic E-state index is -3.59. The van der Waals surface area contributed by atoms with Gasteiger partial charge < -0.3 is 27.4 Å². The van der Waals surface area contributed by atoms with Gasteiger partial charge in [0.05, 0.1) is 23.4 Å². The highest BCUT2D eigenvalue weighted by molar-refractivity contribution is 7.90. The van der Waals surface area contributed by atoms with Crippen LogP contribution in [-0.2, 0) is 42.8 Å². The van der Waals surface area contributed by atoms with Crippen molar-refractivity contribution in [2.24, 2.45) is 17.2 Å². The molecular formula is C29H38N6O5S2. The lowest BCUT2D eigenvalue weighted by atomic mass is 9.97. The SMILES string of the molecule is NCCN(CCN)C(=O)C[C@H](N)C(=O)N[C@@H](CCc1ccccc1)C(=O)Cc1ccc(S(=O)(=O)Cc2nccs2)cc1. The Balaban J connectivity index is 1.68. The Morgan fingerprint density at radius 2 is 1.62 bits per heavy atom. The van der Waals surface area contributed by atoms with E-state index in [4.69, 9.17) is 17.2 Å². The van der Waals surface area contributed by atoms with E-state index in [0.29, 0.717) is 36.5 Å². The number of carbonyl (C=O) groups is 3. The van der Waals surface area contributed by atoms with Gasteiger partial charge in [-0.2, -0.15) is 0 Å². The van der Waals surface area contributed by atoms with Gasteiger partial charge in [0.2, 0.25) is 11.8 Å². The molecule has 0 bridgehead atoms. The van der Waals surface area contributed by atoms with Crippen molar-refractivity contribution in [2.45, 2.75) is 48.4 Å². The maximum atomic E-state index is 13.4. The first-order valence-electron chi connectivity index (χ1n) is 13.6. The fourth-order valence-electron chi connectivity index (χ4n) is 4.34. The summed E-state index contributed by atoms with van der Waals surface area (Å²) in [5.41, 5.74) is 18.8. The van der Waals surface area contributed by atoms with Gasteiger partial charge in [0, 0.05) is 44.2 Å². The van der Waals surface area contributed by atoms with E-state index in [9.17, 15) is 22.8 Å². The highest BCUT2D eigenvalue weighted by Crippen LogP contribution is 2.19. The van der Waals surface area contributed by atoms with Crippen molar-refractivity contribution in [2.75, 3.05) is 26.2 Å². The van der Waals surface area contributed by atoms with Crippen LogP contribution in [0, 0.1) is 0 Å². The van der Waals surface area contributed by atoms with Gasteiger partial charge in [-0.3, -0.25) is 14.4 Å². The smallest absolute Gasteiger partial charge is 0.238 e. The summed E-state index contributed by atoms with van der Waals surface area (Å²) in [5.74, 6) is -1.41. The van der Waals surface area contributed by atoms with Gasteiger partial charge in [-0.05, 0) is 36.1 Å². The monoisotopic (exact) mass is 614 g/mol. The largest absolute Gasteiger partial charge is 0.345 e. The molecule has 7 N–H and O–H groups in total. The number of ketones is 1. The highest BCUT2D eigenvalue weighted by Gasteiger charge is 2.27. The Kier molecular flexibility index (Phi) is 12.8. The maximum absolute atomic E-state index is 13.4. The first-order chi connectivity index (χ1) is 20.1. The summed E-state index contributed by atoms with van der Waals surface area (Å²) >= 11 is 1.27. The second-order valence-electron chi connectivity index (χ2n) is 9.83. The molecule has 226 valence electrons. The standard InChI is InChI=1S/C29H38N6O5S2/c30-12-15-35(16-13-31)28(37)19-24(32)29(38)34-25(11-8-21-4-2-1-3-5-21)26(36)18-22-6-9-23(10-7-22)42(39,40)20-27-33-14-17-41-27/h1-7,9-10,14,17,24-25H,8,11-13,15-16,18-20,30-32H2,(H,34,38)/t24-,25-/m0/s1. The molecule has 0 spiro atoms. The van der Waals surface area contributed by atoms with Crippen LogP contribution in [-0.4, -0.2) is 74.2 Å². The van der Waals surface area contributed by atoms with Crippen LogP contribution in [0.3, 0.4) is 0 Å². The molecule has 0 saturated heterocycles. The number of benzene rings is 2. The van der Waals surface area contributed by atoms with Gasteiger partial charge in [0.25, 0.3) is 0 Å². The predicted octanol–water partition coefficient (Wildman–Crippen LogP) is 0.810. The molecule has 0 aliphatic heterocycles. The summed E-state index contributed by atoms with van der Waals surface area (Å²) < 4.78 is 25.5. The van der Waals surface area contributed by atoms with E-state index in [0.717, 1.165) is 5.56 Å². The summed E-state index contributed by atoms with van der Waals surface area (Å²) in [6.07, 6.45) is 2.13. The molecule has 0 aliphatic rings. The third kappa shape index (κ3) is 10.1. The summed E-state index contributed by atoms with van der Waals surface area (Å²) in [6, 6.07) is 13.6. The number of carbonyl (C=O) groups excluding carboxylic acids is 3. The number of hydrogen-bond acceptors (Lipinski definition) is 10. The number of amides is 2. The summed E-state index contributed by atoms with van der Waals surface area (Å²) in [6.45, 7) is 1.10. The second-order valence-corrected chi connectivity index (χ2v) is 12.8. The lowest BCUT2D eigenvalue weighted by molar-refractivity contribution is -0.134. The highest BCUT2D eigenvalue weighted by atomic mass is 32.2. The Labute approximate surface area is 250 Å². The number of aryl methyl sites for hydroxylation is 1. The van der Waals surface area contributed by atoms with Gasteiger partial charge >= 0.3 is 0 Å². The van der Waals surface area contributed by atoms with Crippen LogP contribution in [0.4, 0.5) is 0 Å². The topological polar surface area (TPSA) is 192 Å². The molecule has 0 saturated carbocycles. The number of rotatable bonds is 17. The summed E-state index contributed by atoms with van der Waals surface area (Å²) in [5, 5.41) is 4.96. The molecule has 2 atom stereocenters. The van der Waals surface area contributed by atoms with E-state index < -0.39 is 27.8 Å². The van der Waals surface area contributed by atoms with E-state index >= 15 is 0 Å². The molecule has 0 fully saturated rings. The van der Waals surface area contributed by atoms with Crippen LogP contribution in [0.1, 0.15) is 29.0 Å². The quantitative estimate of drug-likeness (QED) is 0.170. The van der Waals surface area contributed by atoms with Crippen molar-refractivity contribution in [3.05, 3.63) is 82.3 Å². The van der Waals surface area contributed by atoms with Gasteiger partial charge in [0.1, 0.15) is 10.8 Å². The Bertz CT molecular complexity index is 1390. The number of Topliss-reactive ketones (excluding diaryl/α,β-unsaturated/α-hetero) is 1. The van der Waals surface area contributed by atoms with E-state index in [1.54, 1.807) is 23.7 Å². The van der Waals surface area contributed by atoms with Crippen LogP contribution in [0.2, 0.25) is 0 Å². The number of sulfone groups is 1. The van der Waals surface area contributed by atoms with E-state index in [-0.39, 0.29) is 48.3 Å². The molecule has 13 heteroatoms. The van der Waals surface area contributed by atoms with Gasteiger partial charge in [-0.15, -0.1) is 11.3 Å². The molecule has 11 nitrogen and oxygen atoms in total. The third-order valence-electron chi connectivity index (χ3n) is 6.61. The zero-order valence-electron chi connectivity index (χ0n) is 23.4. The first-order valence-corrected chi connectivity index (χ1v) is 16.2. The van der Waals surface area contributed by atoms with Crippen molar-refractivity contribution in [1.82, 2.24) is 15.2 Å². The van der Waals surface area contributed by atoms with E-state index in [2.05, 4.69) is 10.3 Å². The van der Waals surface area contributed by atoms with Gasteiger partial charge in [0.15, 0.2) is 15.6 Å². The molecule has 0 aliphatic carbocycles. The van der Waals surface area contributed by atoms with E-state index in [1.807, 2.05) is 30.3 Å². The van der Waals surface area contributed by atoms with Gasteiger partial charge in [-0.1, -0.05) is 42.5 Å². The van der Waals surface area contributed by atoms with Crippen molar-refractivity contribution in [1.29, 1.82) is 0 Å². The lowest BCUT2D eigenvalue weighted by Gasteiger charge is -2.24. The fraction of sp³-hybridized carbons (Fsp3) is 0.379. The number of thiazole rings is 1. The Hall–Kier alpha value is -3.49. The van der Waals surface area contributed by atoms with Crippen LogP contribution in [0.5, 0.6) is 0 Å². The summed E-state index contributed by atoms with van der Waals surface area (Å²) in [7, 11) is -3.59. The molecule has 2 aromatic carbocycles. The van der Waals surface area contributed by atoms with Gasteiger partial charge in [-0.25, -0.2) is 13.4 Å². The minimum Gasteiger partial charge on any atom is -0.345 e. The van der Waals surface area contributed by atoms with Crippen LogP contribution < -0.4 is 22.5 Å². The molecular weight excluding hydrogens is 576 g/mol. The lowest BCUT2D eigenvalue weighted by Crippen LogP contribution is -2.51. The molecule has 1 aromatic heterocycles. The third-order valence-corrected chi connectivity index (χ3v) is 9.22. The maximum Gasteiger partial charge on any atom is 0.238 e. The number of nitrogens with zero attached hydrogens (tertiary/aromatic N) is 2. The zero-order valence-corrected chi connectivity index (χ0v) is 25.0. The first kappa shape index (κ1) is 33.0.